The molecule has 1 aromatic rings. The fourth-order valence-corrected chi connectivity index (χ4v) is 4.27. The molecule has 0 unspecified atom stereocenters. The van der Waals surface area contributed by atoms with Crippen molar-refractivity contribution >= 4 is 10.1 Å². The van der Waals surface area contributed by atoms with Crippen LogP contribution in [0.4, 0.5) is 0 Å². The smallest absolute Gasteiger partial charge is 0.744 e. The van der Waals surface area contributed by atoms with Gasteiger partial charge >= 0.3 is 29.6 Å². The first-order valence-corrected chi connectivity index (χ1v) is 13.0. The van der Waals surface area contributed by atoms with E-state index in [0.29, 0.717) is 0 Å². The van der Waals surface area contributed by atoms with Crippen LogP contribution in [0.5, 0.6) is 0 Å². The van der Waals surface area contributed by atoms with Crippen molar-refractivity contribution in [1.82, 2.24) is 0 Å². The zero-order valence-electron chi connectivity index (χ0n) is 19.0. The van der Waals surface area contributed by atoms with Gasteiger partial charge in [0.25, 0.3) is 0 Å². The van der Waals surface area contributed by atoms with E-state index in [4.69, 9.17) is 0 Å². The summed E-state index contributed by atoms with van der Waals surface area (Å²) < 4.78 is 33.2. The predicted octanol–water partition coefficient (Wildman–Crippen LogP) is 4.40. The van der Waals surface area contributed by atoms with Gasteiger partial charge in [-0.15, -0.1) is 0 Å². The van der Waals surface area contributed by atoms with Gasteiger partial charge in [-0.1, -0.05) is 115 Å². The summed E-state index contributed by atoms with van der Waals surface area (Å²) in [7, 11) is -4.34. The molecule has 0 aliphatic rings. The largest absolute Gasteiger partial charge is 1.00 e. The summed E-state index contributed by atoms with van der Waals surface area (Å²) in [5.74, 6) is 0. The Bertz CT molecular complexity index is 602. The van der Waals surface area contributed by atoms with Gasteiger partial charge in [0, 0.05) is 0 Å². The third-order valence-corrected chi connectivity index (χ3v) is 6.34. The SMILES string of the molecule is CCCCCCCCCCCCCCCCCCc1cccc(S(=O)(=O)[O-])c1.[Na+]. The Hall–Kier alpha value is 0.130. The zero-order valence-corrected chi connectivity index (χ0v) is 21.8. The van der Waals surface area contributed by atoms with Gasteiger partial charge in [0.15, 0.2) is 0 Å². The van der Waals surface area contributed by atoms with E-state index in [-0.39, 0.29) is 34.5 Å². The maximum absolute atomic E-state index is 11.1. The third-order valence-electron chi connectivity index (χ3n) is 5.51. The molecule has 0 heterocycles. The molecule has 0 radical (unpaired) electrons. The number of benzene rings is 1. The standard InChI is InChI=1S/C24H42O3S.Na/c1-2-3-4-5-6-7-8-9-10-11-12-13-14-15-16-17-19-23-20-18-21-24(22-23)28(25,26)27;/h18,20-22H,2-17,19H2,1H3,(H,25,26,27);/q;+1/p-1. The van der Waals surface area contributed by atoms with Crippen molar-refractivity contribution in [2.45, 2.75) is 121 Å². The molecule has 0 amide bonds. The van der Waals surface area contributed by atoms with Crippen molar-refractivity contribution in [2.75, 3.05) is 0 Å². The predicted molar refractivity (Wildman–Crippen MR) is 118 cm³/mol. The van der Waals surface area contributed by atoms with Crippen LogP contribution in [0.2, 0.25) is 0 Å². The van der Waals surface area contributed by atoms with Crippen molar-refractivity contribution in [3.05, 3.63) is 29.8 Å². The van der Waals surface area contributed by atoms with Gasteiger partial charge in [-0.3, -0.25) is 0 Å². The Balaban J connectivity index is 0.00000784. The molecule has 5 heteroatoms. The van der Waals surface area contributed by atoms with Gasteiger partial charge in [0.1, 0.15) is 10.1 Å². The summed E-state index contributed by atoms with van der Waals surface area (Å²) >= 11 is 0. The molecular weight excluding hydrogens is 391 g/mol. The molecule has 29 heavy (non-hydrogen) atoms. The molecule has 1 aromatic carbocycles. The van der Waals surface area contributed by atoms with Gasteiger partial charge in [-0.25, -0.2) is 8.42 Å². The average Bonchev–Trinajstić information content (AvgIpc) is 2.67. The Kier molecular flexibility index (Phi) is 18.9. The van der Waals surface area contributed by atoms with Crippen molar-refractivity contribution < 1.29 is 42.5 Å². The summed E-state index contributed by atoms with van der Waals surface area (Å²) in [5, 5.41) is 0. The molecule has 0 spiro atoms. The van der Waals surface area contributed by atoms with Gasteiger partial charge in [0.2, 0.25) is 0 Å². The zero-order chi connectivity index (χ0) is 20.5. The normalized spacial score (nSPS) is 11.4. The van der Waals surface area contributed by atoms with Crippen molar-refractivity contribution in [2.24, 2.45) is 0 Å². The van der Waals surface area contributed by atoms with Crippen LogP contribution in [-0.2, 0) is 16.5 Å². The van der Waals surface area contributed by atoms with Crippen molar-refractivity contribution in [3.63, 3.8) is 0 Å². The number of hydrogen-bond donors (Lipinski definition) is 0. The van der Waals surface area contributed by atoms with Crippen LogP contribution in [0.3, 0.4) is 0 Å². The van der Waals surface area contributed by atoms with Crippen LogP contribution < -0.4 is 29.6 Å². The van der Waals surface area contributed by atoms with Crippen molar-refractivity contribution in [3.8, 4) is 0 Å². The van der Waals surface area contributed by atoms with Gasteiger partial charge in [-0.05, 0) is 30.5 Å². The molecular formula is C24H41NaO3S. The van der Waals surface area contributed by atoms with Crippen LogP contribution in [-0.4, -0.2) is 13.0 Å². The quantitative estimate of drug-likeness (QED) is 0.196. The van der Waals surface area contributed by atoms with E-state index >= 15 is 0 Å². The second-order valence-electron chi connectivity index (χ2n) is 8.15. The second kappa shape index (κ2) is 18.9. The first kappa shape index (κ1) is 29.1. The molecule has 3 nitrogen and oxygen atoms in total. The maximum Gasteiger partial charge on any atom is 1.00 e. The Morgan fingerprint density at radius 3 is 1.52 bits per heavy atom. The Morgan fingerprint density at radius 1 is 0.690 bits per heavy atom. The minimum Gasteiger partial charge on any atom is -0.744 e. The van der Waals surface area contributed by atoms with Gasteiger partial charge < -0.3 is 4.55 Å². The summed E-state index contributed by atoms with van der Waals surface area (Å²) in [5.41, 5.74) is 0.947. The molecule has 0 saturated heterocycles. The number of rotatable bonds is 18. The van der Waals surface area contributed by atoms with E-state index in [1.807, 2.05) is 6.07 Å². The molecule has 1 rings (SSSR count). The minimum absolute atomic E-state index is 0. The average molecular weight is 433 g/mol. The molecule has 0 fully saturated rings. The molecule has 0 N–H and O–H groups in total. The van der Waals surface area contributed by atoms with Crippen LogP contribution in [0.1, 0.15) is 115 Å². The third kappa shape index (κ3) is 16.5. The Labute approximate surface area is 202 Å². The van der Waals surface area contributed by atoms with Crippen LogP contribution in [0.15, 0.2) is 29.2 Å². The van der Waals surface area contributed by atoms with E-state index < -0.39 is 10.1 Å². The summed E-state index contributed by atoms with van der Waals surface area (Å²) in [6, 6.07) is 6.46. The van der Waals surface area contributed by atoms with Gasteiger partial charge in [0.05, 0.1) is 4.90 Å². The van der Waals surface area contributed by atoms with E-state index in [9.17, 15) is 13.0 Å². The molecule has 0 atom stereocenters. The number of unbranched alkanes of at least 4 members (excludes halogenated alkanes) is 15. The molecule has 0 saturated carbocycles. The van der Waals surface area contributed by atoms with E-state index in [2.05, 4.69) is 6.92 Å². The maximum atomic E-state index is 11.1. The number of aryl methyl sites for hydroxylation is 1. The van der Waals surface area contributed by atoms with E-state index in [1.165, 1.54) is 108 Å². The fraction of sp³-hybridized carbons (Fsp3) is 0.750. The van der Waals surface area contributed by atoms with Crippen LogP contribution in [0, 0.1) is 0 Å². The molecule has 162 valence electrons. The van der Waals surface area contributed by atoms with Crippen LogP contribution in [0.25, 0.3) is 0 Å². The van der Waals surface area contributed by atoms with E-state index in [1.54, 1.807) is 6.07 Å². The topological polar surface area (TPSA) is 57.2 Å². The molecule has 0 bridgehead atoms. The van der Waals surface area contributed by atoms with Crippen molar-refractivity contribution in [1.29, 1.82) is 0 Å². The van der Waals surface area contributed by atoms with E-state index in [0.717, 1.165) is 18.4 Å². The van der Waals surface area contributed by atoms with Gasteiger partial charge in [-0.2, -0.15) is 0 Å². The summed E-state index contributed by atoms with van der Waals surface area (Å²) in [6.07, 6.45) is 22.4. The minimum atomic E-state index is -4.34. The monoisotopic (exact) mass is 432 g/mol. The first-order chi connectivity index (χ1) is 13.5. The Morgan fingerprint density at radius 2 is 1.10 bits per heavy atom. The molecule has 0 aromatic heterocycles. The van der Waals surface area contributed by atoms with Crippen LogP contribution >= 0.6 is 0 Å². The second-order valence-corrected chi connectivity index (χ2v) is 9.53. The fourth-order valence-electron chi connectivity index (χ4n) is 3.73. The molecule has 0 aliphatic heterocycles. The summed E-state index contributed by atoms with van der Waals surface area (Å²) in [4.78, 5) is -0.110. The first-order valence-electron chi connectivity index (χ1n) is 11.6. The molecule has 0 aliphatic carbocycles. The number of hydrogen-bond acceptors (Lipinski definition) is 3. The summed E-state index contributed by atoms with van der Waals surface area (Å²) in [6.45, 7) is 2.27.